The van der Waals surface area contributed by atoms with Crippen LogP contribution in [-0.4, -0.2) is 27.2 Å². The molecule has 0 radical (unpaired) electrons. The molecule has 1 aromatic heterocycles. The molecule has 21 heavy (non-hydrogen) atoms. The number of aliphatic carboxylic acids is 1. The molecule has 0 bridgehead atoms. The molecule has 0 amide bonds. The summed E-state index contributed by atoms with van der Waals surface area (Å²) in [5, 5.41) is 16.7. The van der Waals surface area contributed by atoms with E-state index in [1.54, 1.807) is 0 Å². The Balaban J connectivity index is 1.97. The largest absolute Gasteiger partial charge is 0.481 e. The van der Waals surface area contributed by atoms with Crippen LogP contribution in [0.4, 0.5) is 8.78 Å². The molecule has 0 aliphatic heterocycles. The van der Waals surface area contributed by atoms with Crippen LogP contribution in [-0.2, 0) is 11.2 Å². The second kappa shape index (κ2) is 5.69. The highest BCUT2D eigenvalue weighted by atomic mass is 19.3. The van der Waals surface area contributed by atoms with Gasteiger partial charge in [-0.15, -0.1) is 10.2 Å². The first-order valence-electron chi connectivity index (χ1n) is 7.09. The van der Waals surface area contributed by atoms with Gasteiger partial charge in [-0.05, 0) is 18.3 Å². The lowest BCUT2D eigenvalue weighted by molar-refractivity contribution is -0.139. The van der Waals surface area contributed by atoms with Crippen molar-refractivity contribution in [3.8, 4) is 0 Å². The summed E-state index contributed by atoms with van der Waals surface area (Å²) in [6, 6.07) is 0. The van der Waals surface area contributed by atoms with E-state index in [4.69, 9.17) is 9.52 Å². The number of carboxylic acids is 1. The Kier molecular flexibility index (Phi) is 4.30. The van der Waals surface area contributed by atoms with Crippen LogP contribution in [0, 0.1) is 5.41 Å². The summed E-state index contributed by atoms with van der Waals surface area (Å²) >= 11 is 0. The van der Waals surface area contributed by atoms with E-state index in [2.05, 4.69) is 10.2 Å². The Labute approximate surface area is 121 Å². The molecule has 1 heterocycles. The first kappa shape index (κ1) is 15.9. The summed E-state index contributed by atoms with van der Waals surface area (Å²) in [6.07, 6.45) is 0.732. The third-order valence-electron chi connectivity index (χ3n) is 3.81. The maximum atomic E-state index is 13.1. The van der Waals surface area contributed by atoms with E-state index in [0.29, 0.717) is 31.0 Å². The first-order chi connectivity index (χ1) is 9.67. The number of hydrogen-bond donors (Lipinski definition) is 1. The van der Waals surface area contributed by atoms with Gasteiger partial charge in [0.15, 0.2) is 0 Å². The van der Waals surface area contributed by atoms with Crippen LogP contribution in [0.1, 0.15) is 63.7 Å². The summed E-state index contributed by atoms with van der Waals surface area (Å²) in [5.74, 6) is -2.81. The standard InChI is InChI=1S/C14H20F2N2O3/c1-13(2,8-11(19)20)7-10-17-18-12(21-10)9-3-5-14(15,16)6-4-9/h9H,3-8H2,1-2H3,(H,19,20). The molecule has 1 aromatic rings. The molecule has 2 rings (SSSR count). The van der Waals surface area contributed by atoms with Gasteiger partial charge >= 0.3 is 5.97 Å². The fourth-order valence-electron chi connectivity index (χ4n) is 2.67. The van der Waals surface area contributed by atoms with Crippen molar-refractivity contribution in [1.29, 1.82) is 0 Å². The number of nitrogens with zero attached hydrogens (tertiary/aromatic N) is 2. The highest BCUT2D eigenvalue weighted by Gasteiger charge is 2.37. The van der Waals surface area contributed by atoms with Crippen molar-refractivity contribution in [3.63, 3.8) is 0 Å². The maximum Gasteiger partial charge on any atom is 0.303 e. The van der Waals surface area contributed by atoms with E-state index in [0.717, 1.165) is 0 Å². The Morgan fingerprint density at radius 2 is 2.00 bits per heavy atom. The van der Waals surface area contributed by atoms with E-state index in [1.165, 1.54) is 0 Å². The summed E-state index contributed by atoms with van der Waals surface area (Å²) in [5.41, 5.74) is -0.491. The van der Waals surface area contributed by atoms with Crippen LogP contribution in [0.5, 0.6) is 0 Å². The minimum absolute atomic E-state index is 0.000361. The number of halogens is 2. The lowest BCUT2D eigenvalue weighted by Gasteiger charge is -2.25. The van der Waals surface area contributed by atoms with Crippen LogP contribution in [0.15, 0.2) is 4.42 Å². The zero-order valence-electron chi connectivity index (χ0n) is 12.2. The van der Waals surface area contributed by atoms with Gasteiger partial charge in [-0.25, -0.2) is 8.78 Å². The van der Waals surface area contributed by atoms with Crippen LogP contribution in [0.25, 0.3) is 0 Å². The van der Waals surface area contributed by atoms with Crippen molar-refractivity contribution < 1.29 is 23.1 Å². The van der Waals surface area contributed by atoms with Gasteiger partial charge in [0, 0.05) is 25.2 Å². The molecule has 1 N–H and O–H groups in total. The molecule has 5 nitrogen and oxygen atoms in total. The van der Waals surface area contributed by atoms with Gasteiger partial charge in [-0.3, -0.25) is 4.79 Å². The van der Waals surface area contributed by atoms with Crippen LogP contribution >= 0.6 is 0 Å². The van der Waals surface area contributed by atoms with E-state index in [9.17, 15) is 13.6 Å². The highest BCUT2D eigenvalue weighted by Crippen LogP contribution is 2.40. The normalized spacial score (nSPS) is 19.6. The minimum Gasteiger partial charge on any atom is -0.481 e. The van der Waals surface area contributed by atoms with Gasteiger partial charge in [0.05, 0.1) is 6.42 Å². The molecule has 1 fully saturated rings. The van der Waals surface area contributed by atoms with E-state index >= 15 is 0 Å². The lowest BCUT2D eigenvalue weighted by atomic mass is 9.85. The van der Waals surface area contributed by atoms with Gasteiger partial charge in [0.2, 0.25) is 17.7 Å². The average Bonchev–Trinajstić information content (AvgIpc) is 2.74. The Morgan fingerprint density at radius 3 is 2.57 bits per heavy atom. The van der Waals surface area contributed by atoms with Gasteiger partial charge < -0.3 is 9.52 Å². The third-order valence-corrected chi connectivity index (χ3v) is 3.81. The molecule has 0 aromatic carbocycles. The quantitative estimate of drug-likeness (QED) is 0.902. The summed E-state index contributed by atoms with van der Waals surface area (Å²) in [7, 11) is 0. The molecule has 0 saturated heterocycles. The van der Waals surface area contributed by atoms with Crippen molar-refractivity contribution in [2.45, 2.75) is 64.2 Å². The van der Waals surface area contributed by atoms with Crippen molar-refractivity contribution in [1.82, 2.24) is 10.2 Å². The Morgan fingerprint density at radius 1 is 1.38 bits per heavy atom. The molecule has 0 spiro atoms. The molecular formula is C14H20F2N2O3. The van der Waals surface area contributed by atoms with Gasteiger partial charge in [0.25, 0.3) is 0 Å². The second-order valence-corrected chi connectivity index (χ2v) is 6.58. The van der Waals surface area contributed by atoms with E-state index in [-0.39, 0.29) is 25.2 Å². The lowest BCUT2D eigenvalue weighted by Crippen LogP contribution is -2.23. The fraction of sp³-hybridized carbons (Fsp3) is 0.786. The fourth-order valence-corrected chi connectivity index (χ4v) is 2.67. The predicted octanol–water partition coefficient (Wildman–Crippen LogP) is 3.41. The zero-order chi connectivity index (χ0) is 15.7. The molecular weight excluding hydrogens is 282 g/mol. The maximum absolute atomic E-state index is 13.1. The minimum atomic E-state index is -2.58. The van der Waals surface area contributed by atoms with Crippen molar-refractivity contribution in [3.05, 3.63) is 11.8 Å². The summed E-state index contributed by atoms with van der Waals surface area (Å²) in [4.78, 5) is 10.8. The van der Waals surface area contributed by atoms with Crippen molar-refractivity contribution >= 4 is 5.97 Å². The molecule has 1 aliphatic carbocycles. The number of carboxylic acid groups (broad SMARTS) is 1. The molecule has 1 aliphatic rings. The number of carbonyl (C=O) groups is 1. The zero-order valence-corrected chi connectivity index (χ0v) is 12.2. The van der Waals surface area contributed by atoms with Gasteiger partial charge in [-0.1, -0.05) is 13.8 Å². The summed E-state index contributed by atoms with van der Waals surface area (Å²) < 4.78 is 31.8. The van der Waals surface area contributed by atoms with E-state index < -0.39 is 17.3 Å². The first-order valence-corrected chi connectivity index (χ1v) is 7.09. The van der Waals surface area contributed by atoms with Crippen molar-refractivity contribution in [2.75, 3.05) is 0 Å². The third kappa shape index (κ3) is 4.47. The molecule has 0 unspecified atom stereocenters. The monoisotopic (exact) mass is 302 g/mol. The van der Waals surface area contributed by atoms with Gasteiger partial charge in [-0.2, -0.15) is 0 Å². The highest BCUT2D eigenvalue weighted by molar-refractivity contribution is 5.67. The smallest absolute Gasteiger partial charge is 0.303 e. The molecule has 1 saturated carbocycles. The van der Waals surface area contributed by atoms with Gasteiger partial charge in [0.1, 0.15) is 0 Å². The van der Waals surface area contributed by atoms with Crippen LogP contribution in [0.3, 0.4) is 0 Å². The van der Waals surface area contributed by atoms with E-state index in [1.807, 2.05) is 13.8 Å². The molecule has 7 heteroatoms. The SMILES string of the molecule is CC(C)(CC(=O)O)Cc1nnc(C2CCC(F)(F)CC2)o1. The topological polar surface area (TPSA) is 76.2 Å². The van der Waals surface area contributed by atoms with Crippen LogP contribution < -0.4 is 0 Å². The Bertz CT molecular complexity index is 504. The Hall–Kier alpha value is -1.53. The number of hydrogen-bond acceptors (Lipinski definition) is 4. The second-order valence-electron chi connectivity index (χ2n) is 6.58. The number of alkyl halides is 2. The summed E-state index contributed by atoms with van der Waals surface area (Å²) in [6.45, 7) is 3.62. The molecule has 0 atom stereocenters. The number of rotatable bonds is 5. The van der Waals surface area contributed by atoms with Crippen molar-refractivity contribution in [2.24, 2.45) is 5.41 Å². The number of aromatic nitrogens is 2. The van der Waals surface area contributed by atoms with Crippen LogP contribution in [0.2, 0.25) is 0 Å². The molecule has 118 valence electrons. The predicted molar refractivity (Wildman–Crippen MR) is 70.2 cm³/mol. The average molecular weight is 302 g/mol.